The molecule has 2 aromatic carbocycles. The van der Waals surface area contributed by atoms with Gasteiger partial charge in [0.05, 0.1) is 24.9 Å². The van der Waals surface area contributed by atoms with Gasteiger partial charge < -0.3 is 14.2 Å². The van der Waals surface area contributed by atoms with Crippen molar-refractivity contribution in [3.8, 4) is 17.2 Å². The Hall–Kier alpha value is -3.62. The van der Waals surface area contributed by atoms with E-state index < -0.39 is 17.4 Å². The minimum Gasteiger partial charge on any atom is -0.493 e. The maximum Gasteiger partial charge on any atom is 0.311 e. The Kier molecular flexibility index (Phi) is 8.84. The molecule has 0 saturated carbocycles. The molecule has 0 bridgehead atoms. The fourth-order valence-corrected chi connectivity index (χ4v) is 4.08. The van der Waals surface area contributed by atoms with Crippen LogP contribution in [0.2, 0.25) is 0 Å². The Bertz CT molecular complexity index is 1100. The lowest BCUT2D eigenvalue weighted by atomic mass is 9.72. The summed E-state index contributed by atoms with van der Waals surface area (Å²) in [6, 6.07) is 10.2. The van der Waals surface area contributed by atoms with E-state index in [1.165, 1.54) is 13.2 Å². The number of nitro groups is 1. The molecule has 0 atom stereocenters. The third-order valence-electron chi connectivity index (χ3n) is 5.42. The van der Waals surface area contributed by atoms with Gasteiger partial charge in [-0.05, 0) is 54.0 Å². The number of carbonyl (C=O) groups excluding carboxylic acids is 1. The number of ether oxygens (including phenoxy) is 3. The average molecular weight is 486 g/mol. The second-order valence-corrected chi connectivity index (χ2v) is 10.2. The van der Waals surface area contributed by atoms with Gasteiger partial charge in [-0.2, -0.15) is 5.10 Å². The largest absolute Gasteiger partial charge is 0.493 e. The van der Waals surface area contributed by atoms with Crippen LogP contribution in [0.3, 0.4) is 0 Å². The molecule has 0 aliphatic rings. The number of amides is 1. The lowest BCUT2D eigenvalue weighted by Gasteiger charge is -2.33. The maximum atomic E-state index is 12.3. The van der Waals surface area contributed by atoms with Gasteiger partial charge in [0.2, 0.25) is 0 Å². The van der Waals surface area contributed by atoms with Gasteiger partial charge >= 0.3 is 5.69 Å². The van der Waals surface area contributed by atoms with E-state index in [1.807, 2.05) is 6.07 Å². The third kappa shape index (κ3) is 7.70. The van der Waals surface area contributed by atoms with Crippen molar-refractivity contribution in [2.45, 2.75) is 53.4 Å². The summed E-state index contributed by atoms with van der Waals surface area (Å²) < 4.78 is 16.0. The number of nitro benzene ring substituents is 1. The summed E-state index contributed by atoms with van der Waals surface area (Å²) in [5.74, 6) is 0.601. The molecule has 0 heterocycles. The molecule has 0 aliphatic heterocycles. The molecule has 9 nitrogen and oxygen atoms in total. The van der Waals surface area contributed by atoms with Gasteiger partial charge in [0, 0.05) is 11.6 Å². The number of rotatable bonds is 10. The molecule has 0 aliphatic carbocycles. The molecule has 9 heteroatoms. The molecule has 190 valence electrons. The summed E-state index contributed by atoms with van der Waals surface area (Å²) in [5, 5.41) is 15.8. The zero-order chi connectivity index (χ0) is 26.4. The predicted octanol–water partition coefficient (Wildman–Crippen LogP) is 5.25. The zero-order valence-corrected chi connectivity index (χ0v) is 21.7. The van der Waals surface area contributed by atoms with Crippen LogP contribution in [0, 0.1) is 15.5 Å². The number of benzene rings is 2. The highest BCUT2D eigenvalue weighted by Crippen LogP contribution is 2.39. The van der Waals surface area contributed by atoms with Crippen molar-refractivity contribution in [3.05, 3.63) is 57.6 Å². The van der Waals surface area contributed by atoms with Gasteiger partial charge in [-0.15, -0.1) is 0 Å². The number of nitrogens with zero attached hydrogens (tertiary/aromatic N) is 2. The fraction of sp³-hybridized carbons (Fsp3) is 0.462. The summed E-state index contributed by atoms with van der Waals surface area (Å²) in [7, 11) is 3.08. The van der Waals surface area contributed by atoms with E-state index in [1.54, 1.807) is 38.3 Å². The summed E-state index contributed by atoms with van der Waals surface area (Å²) in [6.07, 6.45) is 0.844. The lowest BCUT2D eigenvalue weighted by Crippen LogP contribution is -2.26. The Morgan fingerprint density at radius 3 is 2.20 bits per heavy atom. The second kappa shape index (κ2) is 11.2. The quantitative estimate of drug-likeness (QED) is 0.280. The first-order valence-corrected chi connectivity index (χ1v) is 11.2. The molecule has 0 unspecified atom stereocenters. The summed E-state index contributed by atoms with van der Waals surface area (Å²) >= 11 is 0. The van der Waals surface area contributed by atoms with Crippen molar-refractivity contribution in [2.24, 2.45) is 10.5 Å². The smallest absolute Gasteiger partial charge is 0.311 e. The van der Waals surface area contributed by atoms with E-state index in [-0.39, 0.29) is 22.3 Å². The summed E-state index contributed by atoms with van der Waals surface area (Å²) in [4.78, 5) is 23.5. The van der Waals surface area contributed by atoms with Crippen LogP contribution in [0.1, 0.15) is 59.1 Å². The standard InChI is InChI=1S/C26H35N3O6/c1-17(18-9-11-22(33-7)23(13-18)34-8)27-28-24(30)15-35-21-12-10-19(14-20(21)29(31)32)26(5,6)16-25(2,3)4/h9-14H,15-16H2,1-8H3,(H,28,30)/b27-17+. The highest BCUT2D eigenvalue weighted by atomic mass is 16.6. The van der Waals surface area contributed by atoms with E-state index in [2.05, 4.69) is 45.1 Å². The first-order chi connectivity index (χ1) is 16.3. The van der Waals surface area contributed by atoms with Crippen LogP contribution in [-0.2, 0) is 10.2 Å². The van der Waals surface area contributed by atoms with Crippen molar-refractivity contribution < 1.29 is 23.9 Å². The Balaban J connectivity index is 2.10. The Morgan fingerprint density at radius 1 is 1.00 bits per heavy atom. The van der Waals surface area contributed by atoms with E-state index in [9.17, 15) is 14.9 Å². The molecule has 0 fully saturated rings. The minimum atomic E-state index is -0.545. The number of hydrogen-bond acceptors (Lipinski definition) is 7. The monoisotopic (exact) mass is 485 g/mol. The molecule has 35 heavy (non-hydrogen) atoms. The molecule has 2 aromatic rings. The molecule has 0 aromatic heterocycles. The summed E-state index contributed by atoms with van der Waals surface area (Å²) in [6.45, 7) is 11.8. The second-order valence-electron chi connectivity index (χ2n) is 10.2. The number of hydrazone groups is 1. The molecule has 0 spiro atoms. The maximum absolute atomic E-state index is 12.3. The molecule has 2 rings (SSSR count). The topological polar surface area (TPSA) is 112 Å². The molecular weight excluding hydrogens is 450 g/mol. The van der Waals surface area contributed by atoms with E-state index >= 15 is 0 Å². The van der Waals surface area contributed by atoms with Crippen LogP contribution in [-0.4, -0.2) is 37.4 Å². The van der Waals surface area contributed by atoms with Gasteiger partial charge in [0.1, 0.15) is 0 Å². The molecule has 1 N–H and O–H groups in total. The lowest BCUT2D eigenvalue weighted by molar-refractivity contribution is -0.385. The number of hydrogen-bond donors (Lipinski definition) is 1. The van der Waals surface area contributed by atoms with E-state index in [0.29, 0.717) is 17.2 Å². The van der Waals surface area contributed by atoms with Crippen LogP contribution in [0.5, 0.6) is 17.2 Å². The van der Waals surface area contributed by atoms with Gasteiger partial charge in [-0.1, -0.05) is 40.7 Å². The van der Waals surface area contributed by atoms with Gasteiger partial charge in [0.25, 0.3) is 5.91 Å². The van der Waals surface area contributed by atoms with Crippen molar-refractivity contribution >= 4 is 17.3 Å². The molecular formula is C26H35N3O6. The third-order valence-corrected chi connectivity index (χ3v) is 5.42. The van der Waals surface area contributed by atoms with Gasteiger partial charge in [-0.3, -0.25) is 14.9 Å². The minimum absolute atomic E-state index is 0.0288. The predicted molar refractivity (Wildman–Crippen MR) is 136 cm³/mol. The normalized spacial score (nSPS) is 12.2. The number of methoxy groups -OCH3 is 2. The van der Waals surface area contributed by atoms with Crippen molar-refractivity contribution in [1.29, 1.82) is 0 Å². The van der Waals surface area contributed by atoms with Crippen LogP contribution < -0.4 is 19.6 Å². The molecule has 1 amide bonds. The zero-order valence-electron chi connectivity index (χ0n) is 21.7. The highest BCUT2D eigenvalue weighted by Gasteiger charge is 2.30. The number of carbonyl (C=O) groups is 1. The summed E-state index contributed by atoms with van der Waals surface area (Å²) in [5.41, 5.74) is 4.13. The Labute approximate surface area is 206 Å². The van der Waals surface area contributed by atoms with Crippen LogP contribution in [0.15, 0.2) is 41.5 Å². The van der Waals surface area contributed by atoms with Crippen molar-refractivity contribution in [3.63, 3.8) is 0 Å². The average Bonchev–Trinajstić information content (AvgIpc) is 2.78. The van der Waals surface area contributed by atoms with Gasteiger partial charge in [0.15, 0.2) is 23.9 Å². The van der Waals surface area contributed by atoms with Crippen LogP contribution in [0.4, 0.5) is 5.69 Å². The van der Waals surface area contributed by atoms with Gasteiger partial charge in [-0.25, -0.2) is 5.43 Å². The van der Waals surface area contributed by atoms with Crippen LogP contribution >= 0.6 is 0 Å². The van der Waals surface area contributed by atoms with Crippen LogP contribution in [0.25, 0.3) is 0 Å². The van der Waals surface area contributed by atoms with E-state index in [0.717, 1.165) is 17.5 Å². The first-order valence-electron chi connectivity index (χ1n) is 11.2. The molecule has 0 radical (unpaired) electrons. The Morgan fingerprint density at radius 2 is 1.63 bits per heavy atom. The fourth-order valence-electron chi connectivity index (χ4n) is 4.08. The highest BCUT2D eigenvalue weighted by molar-refractivity contribution is 5.99. The SMILES string of the molecule is COc1ccc(/C(C)=N/NC(=O)COc2ccc(C(C)(C)CC(C)(C)C)cc2[N+](=O)[O-])cc1OC. The first kappa shape index (κ1) is 27.6. The molecule has 0 saturated heterocycles. The number of nitrogens with one attached hydrogen (secondary N) is 1. The van der Waals surface area contributed by atoms with Crippen molar-refractivity contribution in [1.82, 2.24) is 5.43 Å². The van der Waals surface area contributed by atoms with Crippen molar-refractivity contribution in [2.75, 3.05) is 20.8 Å². The van der Waals surface area contributed by atoms with E-state index in [4.69, 9.17) is 14.2 Å².